The van der Waals surface area contributed by atoms with Crippen LogP contribution in [0.3, 0.4) is 0 Å². The van der Waals surface area contributed by atoms with Crippen LogP contribution in [-0.2, 0) is 6.54 Å². The first-order valence-electron chi connectivity index (χ1n) is 5.74. The summed E-state index contributed by atoms with van der Waals surface area (Å²) in [7, 11) is 0. The predicted molar refractivity (Wildman–Crippen MR) is 71.5 cm³/mol. The van der Waals surface area contributed by atoms with Crippen molar-refractivity contribution in [2.45, 2.75) is 26.8 Å². The van der Waals surface area contributed by atoms with Gasteiger partial charge in [0.25, 0.3) is 0 Å². The molecule has 2 aromatic rings. The van der Waals surface area contributed by atoms with Gasteiger partial charge in [-0.25, -0.2) is 9.97 Å². The van der Waals surface area contributed by atoms with Gasteiger partial charge < -0.3 is 5.73 Å². The van der Waals surface area contributed by atoms with E-state index in [4.69, 9.17) is 5.73 Å². The molecular formula is C12H15BrN4. The van der Waals surface area contributed by atoms with Crippen LogP contribution >= 0.6 is 15.9 Å². The molecule has 3 rings (SSSR count). The SMILES string of the molecule is CC1(C)CC1Cn1c(N)nc2cc(Br)cnc21. The van der Waals surface area contributed by atoms with E-state index in [0.717, 1.165) is 22.2 Å². The number of nitrogens with zero attached hydrogens (tertiary/aromatic N) is 3. The number of fused-ring (bicyclic) bond motifs is 1. The molecule has 2 N–H and O–H groups in total. The number of hydrogen-bond acceptors (Lipinski definition) is 3. The molecule has 1 fully saturated rings. The first-order valence-corrected chi connectivity index (χ1v) is 6.54. The average molecular weight is 295 g/mol. The Morgan fingerprint density at radius 3 is 2.94 bits per heavy atom. The minimum absolute atomic E-state index is 0.443. The molecule has 2 heterocycles. The Morgan fingerprint density at radius 2 is 2.29 bits per heavy atom. The number of halogens is 1. The average Bonchev–Trinajstić information content (AvgIpc) is 2.71. The topological polar surface area (TPSA) is 56.7 Å². The fraction of sp³-hybridized carbons (Fsp3) is 0.500. The number of hydrogen-bond donors (Lipinski definition) is 1. The molecule has 1 aliphatic rings. The Labute approximate surface area is 108 Å². The first-order chi connectivity index (χ1) is 7.97. The van der Waals surface area contributed by atoms with Gasteiger partial charge in [-0.1, -0.05) is 13.8 Å². The Hall–Kier alpha value is -1.10. The van der Waals surface area contributed by atoms with E-state index < -0.39 is 0 Å². The fourth-order valence-corrected chi connectivity index (χ4v) is 2.61. The van der Waals surface area contributed by atoms with Crippen LogP contribution in [0, 0.1) is 11.3 Å². The van der Waals surface area contributed by atoms with Crippen molar-refractivity contribution < 1.29 is 0 Å². The highest BCUT2D eigenvalue weighted by molar-refractivity contribution is 9.10. The van der Waals surface area contributed by atoms with Gasteiger partial charge in [0.15, 0.2) is 5.65 Å². The molecule has 1 unspecified atom stereocenters. The monoisotopic (exact) mass is 294 g/mol. The summed E-state index contributed by atoms with van der Waals surface area (Å²) in [5.74, 6) is 1.25. The van der Waals surface area contributed by atoms with Crippen LogP contribution < -0.4 is 5.73 Å². The molecule has 90 valence electrons. The zero-order valence-electron chi connectivity index (χ0n) is 9.94. The van der Waals surface area contributed by atoms with E-state index in [-0.39, 0.29) is 0 Å². The summed E-state index contributed by atoms with van der Waals surface area (Å²) in [6.45, 7) is 5.50. The number of pyridine rings is 1. The summed E-state index contributed by atoms with van der Waals surface area (Å²) in [6, 6.07) is 1.95. The predicted octanol–water partition coefficient (Wildman–Crippen LogP) is 2.82. The Morgan fingerprint density at radius 1 is 1.59 bits per heavy atom. The van der Waals surface area contributed by atoms with E-state index in [0.29, 0.717) is 17.3 Å². The maximum absolute atomic E-state index is 5.96. The van der Waals surface area contributed by atoms with Gasteiger partial charge in [0.1, 0.15) is 5.52 Å². The minimum Gasteiger partial charge on any atom is -0.369 e. The zero-order chi connectivity index (χ0) is 12.2. The molecule has 0 radical (unpaired) electrons. The molecule has 1 atom stereocenters. The number of nitrogens with two attached hydrogens (primary N) is 1. The number of rotatable bonds is 2. The number of nitrogen functional groups attached to an aromatic ring is 1. The lowest BCUT2D eigenvalue weighted by molar-refractivity contribution is 0.506. The van der Waals surface area contributed by atoms with Crippen LogP contribution in [-0.4, -0.2) is 14.5 Å². The van der Waals surface area contributed by atoms with Crippen LogP contribution in [0.5, 0.6) is 0 Å². The van der Waals surface area contributed by atoms with Crippen molar-refractivity contribution in [3.8, 4) is 0 Å². The lowest BCUT2D eigenvalue weighted by atomic mass is 10.1. The van der Waals surface area contributed by atoms with Gasteiger partial charge in [0.05, 0.1) is 0 Å². The molecule has 1 aliphatic carbocycles. The van der Waals surface area contributed by atoms with E-state index in [1.54, 1.807) is 6.20 Å². The van der Waals surface area contributed by atoms with Crippen LogP contribution in [0.1, 0.15) is 20.3 Å². The highest BCUT2D eigenvalue weighted by atomic mass is 79.9. The number of aromatic nitrogens is 3. The molecule has 1 saturated carbocycles. The largest absolute Gasteiger partial charge is 0.369 e. The maximum atomic E-state index is 5.96. The summed E-state index contributed by atoms with van der Waals surface area (Å²) in [6.07, 6.45) is 3.04. The highest BCUT2D eigenvalue weighted by Gasteiger charge is 2.45. The molecule has 0 spiro atoms. The molecule has 0 amide bonds. The summed E-state index contributed by atoms with van der Waals surface area (Å²) < 4.78 is 2.96. The molecule has 0 aromatic carbocycles. The third-order valence-electron chi connectivity index (χ3n) is 3.70. The highest BCUT2D eigenvalue weighted by Crippen LogP contribution is 2.52. The minimum atomic E-state index is 0.443. The summed E-state index contributed by atoms with van der Waals surface area (Å²) in [5.41, 5.74) is 8.15. The lowest BCUT2D eigenvalue weighted by Crippen LogP contribution is -2.07. The Balaban J connectivity index is 2.01. The normalized spacial score (nSPS) is 21.9. The van der Waals surface area contributed by atoms with Crippen molar-refractivity contribution in [3.63, 3.8) is 0 Å². The smallest absolute Gasteiger partial charge is 0.202 e. The van der Waals surface area contributed by atoms with Crippen molar-refractivity contribution in [1.29, 1.82) is 0 Å². The third-order valence-corrected chi connectivity index (χ3v) is 4.14. The quantitative estimate of drug-likeness (QED) is 0.927. The Bertz CT molecular complexity index is 587. The van der Waals surface area contributed by atoms with Gasteiger partial charge >= 0.3 is 0 Å². The van der Waals surface area contributed by atoms with Crippen molar-refractivity contribution in [1.82, 2.24) is 14.5 Å². The van der Waals surface area contributed by atoms with Gasteiger partial charge in [-0.3, -0.25) is 4.57 Å². The second-order valence-corrected chi connectivity index (χ2v) is 6.38. The molecule has 2 aromatic heterocycles. The fourth-order valence-electron chi connectivity index (χ4n) is 2.29. The second kappa shape index (κ2) is 3.45. The van der Waals surface area contributed by atoms with Crippen molar-refractivity contribution in [3.05, 3.63) is 16.7 Å². The van der Waals surface area contributed by atoms with Crippen LogP contribution in [0.2, 0.25) is 0 Å². The van der Waals surface area contributed by atoms with E-state index in [2.05, 4.69) is 39.7 Å². The molecule has 0 saturated heterocycles. The van der Waals surface area contributed by atoms with Gasteiger partial charge in [0.2, 0.25) is 5.95 Å². The standard InChI is InChI=1S/C12H15BrN4/c1-12(2)4-7(12)6-17-10-9(16-11(17)14)3-8(13)5-15-10/h3,5,7H,4,6H2,1-2H3,(H2,14,16). The van der Waals surface area contributed by atoms with Gasteiger partial charge in [-0.05, 0) is 39.8 Å². The van der Waals surface area contributed by atoms with Gasteiger partial charge in [0, 0.05) is 17.2 Å². The first kappa shape index (κ1) is 11.0. The van der Waals surface area contributed by atoms with Crippen molar-refractivity contribution in [2.24, 2.45) is 11.3 Å². The second-order valence-electron chi connectivity index (χ2n) is 5.47. The number of imidazole rings is 1. The molecule has 0 aliphatic heterocycles. The van der Waals surface area contributed by atoms with E-state index in [1.807, 2.05) is 10.6 Å². The Kier molecular flexibility index (Phi) is 2.23. The molecule has 5 heteroatoms. The summed E-state index contributed by atoms with van der Waals surface area (Å²) >= 11 is 3.39. The molecular weight excluding hydrogens is 280 g/mol. The number of anilines is 1. The van der Waals surface area contributed by atoms with Gasteiger partial charge in [-0.2, -0.15) is 0 Å². The maximum Gasteiger partial charge on any atom is 0.202 e. The van der Waals surface area contributed by atoms with Crippen molar-refractivity contribution in [2.75, 3.05) is 5.73 Å². The summed E-state index contributed by atoms with van der Waals surface area (Å²) in [5, 5.41) is 0. The third kappa shape index (κ3) is 1.82. The van der Waals surface area contributed by atoms with E-state index >= 15 is 0 Å². The summed E-state index contributed by atoms with van der Waals surface area (Å²) in [4.78, 5) is 8.75. The van der Waals surface area contributed by atoms with E-state index in [1.165, 1.54) is 6.42 Å². The zero-order valence-corrected chi connectivity index (χ0v) is 11.5. The van der Waals surface area contributed by atoms with Gasteiger partial charge in [-0.15, -0.1) is 0 Å². The molecule has 4 nitrogen and oxygen atoms in total. The molecule has 0 bridgehead atoms. The van der Waals surface area contributed by atoms with E-state index in [9.17, 15) is 0 Å². The van der Waals surface area contributed by atoms with Crippen LogP contribution in [0.4, 0.5) is 5.95 Å². The van der Waals surface area contributed by atoms with Crippen LogP contribution in [0.25, 0.3) is 11.2 Å². The van der Waals surface area contributed by atoms with Crippen molar-refractivity contribution >= 4 is 33.0 Å². The lowest BCUT2D eigenvalue weighted by Gasteiger charge is -2.07. The molecule has 17 heavy (non-hydrogen) atoms. The van der Waals surface area contributed by atoms with Crippen LogP contribution in [0.15, 0.2) is 16.7 Å².